The lowest BCUT2D eigenvalue weighted by Crippen LogP contribution is -2.49. The highest BCUT2D eigenvalue weighted by Gasteiger charge is 2.29. The Kier molecular flexibility index (Phi) is 6.19. The number of ether oxygens (including phenoxy) is 1. The molecule has 164 valence electrons. The highest BCUT2D eigenvalue weighted by molar-refractivity contribution is 5.95. The Balaban J connectivity index is 1.45. The number of para-hydroxylation sites is 1. The topological polar surface area (TPSA) is 74.4 Å². The molecule has 1 unspecified atom stereocenters. The summed E-state index contributed by atoms with van der Waals surface area (Å²) in [5.74, 6) is 0.210. The number of hydrogen-bond acceptors (Lipinski definition) is 5. The second-order valence-corrected chi connectivity index (χ2v) is 7.64. The normalized spacial score (nSPS) is 15.2. The van der Waals surface area contributed by atoms with Gasteiger partial charge in [-0.15, -0.1) is 0 Å². The van der Waals surface area contributed by atoms with E-state index in [1.165, 1.54) is 16.9 Å². The molecular weight excluding hydrogens is 409 g/mol. The van der Waals surface area contributed by atoms with Gasteiger partial charge in [-0.3, -0.25) is 9.69 Å². The molecule has 32 heavy (non-hydrogen) atoms. The minimum Gasteiger partial charge on any atom is -0.497 e. The molecule has 7 nitrogen and oxygen atoms in total. The first-order valence-electron chi connectivity index (χ1n) is 10.4. The van der Waals surface area contributed by atoms with Crippen LogP contribution in [0.3, 0.4) is 0 Å². The zero-order chi connectivity index (χ0) is 22.7. The first-order chi connectivity index (χ1) is 15.5. The second kappa shape index (κ2) is 9.20. The first kappa shape index (κ1) is 21.5. The maximum Gasteiger partial charge on any atom is 0.257 e. The standard InChI is InChI=1S/C24H24FN5O2/c1-17-20(16-27-30(17)22-6-4-3-5-21(22)25)24(31)29-13-11-28(12-14-29)23(15-26)18-7-9-19(32-2)10-8-18/h3-10,16,23H,11-14H2,1-2H3. The Bertz CT molecular complexity index is 1140. The zero-order valence-corrected chi connectivity index (χ0v) is 18.0. The highest BCUT2D eigenvalue weighted by atomic mass is 19.1. The molecule has 0 saturated carbocycles. The number of aromatic nitrogens is 2. The third kappa shape index (κ3) is 4.07. The van der Waals surface area contributed by atoms with Gasteiger partial charge >= 0.3 is 0 Å². The zero-order valence-electron chi connectivity index (χ0n) is 18.0. The Morgan fingerprint density at radius 2 is 1.81 bits per heavy atom. The van der Waals surface area contributed by atoms with Crippen LogP contribution >= 0.6 is 0 Å². The van der Waals surface area contributed by atoms with Crippen LogP contribution in [-0.4, -0.2) is 58.8 Å². The van der Waals surface area contributed by atoms with Gasteiger partial charge in [-0.25, -0.2) is 9.07 Å². The lowest BCUT2D eigenvalue weighted by molar-refractivity contribution is 0.0605. The summed E-state index contributed by atoms with van der Waals surface area (Å²) in [5, 5.41) is 14.0. The van der Waals surface area contributed by atoms with Gasteiger partial charge in [-0.1, -0.05) is 24.3 Å². The van der Waals surface area contributed by atoms with E-state index in [4.69, 9.17) is 4.74 Å². The van der Waals surface area contributed by atoms with Crippen LogP contribution in [-0.2, 0) is 0 Å². The lowest BCUT2D eigenvalue weighted by Gasteiger charge is -2.37. The van der Waals surface area contributed by atoms with Gasteiger partial charge in [0, 0.05) is 26.2 Å². The van der Waals surface area contributed by atoms with Crippen LogP contribution < -0.4 is 4.74 Å². The van der Waals surface area contributed by atoms with E-state index in [1.54, 1.807) is 37.1 Å². The van der Waals surface area contributed by atoms with Crippen LogP contribution in [0.25, 0.3) is 5.69 Å². The van der Waals surface area contributed by atoms with Crippen molar-refractivity contribution in [1.82, 2.24) is 19.6 Å². The van der Waals surface area contributed by atoms with E-state index in [2.05, 4.69) is 16.1 Å². The summed E-state index contributed by atoms with van der Waals surface area (Å²) in [6.07, 6.45) is 1.49. The van der Waals surface area contributed by atoms with E-state index < -0.39 is 5.82 Å². The van der Waals surface area contributed by atoms with Crippen molar-refractivity contribution < 1.29 is 13.9 Å². The van der Waals surface area contributed by atoms with E-state index in [1.807, 2.05) is 24.3 Å². The van der Waals surface area contributed by atoms with E-state index in [9.17, 15) is 14.4 Å². The molecule has 3 aromatic rings. The molecule has 0 radical (unpaired) electrons. The molecule has 1 fully saturated rings. The van der Waals surface area contributed by atoms with Gasteiger partial charge in [-0.2, -0.15) is 10.4 Å². The van der Waals surface area contributed by atoms with Crippen LogP contribution in [0.2, 0.25) is 0 Å². The van der Waals surface area contributed by atoms with E-state index in [0.29, 0.717) is 43.1 Å². The first-order valence-corrected chi connectivity index (χ1v) is 10.4. The highest BCUT2D eigenvalue weighted by Crippen LogP contribution is 2.25. The van der Waals surface area contributed by atoms with Crippen molar-refractivity contribution in [3.63, 3.8) is 0 Å². The quantitative estimate of drug-likeness (QED) is 0.617. The number of carbonyl (C=O) groups is 1. The number of nitrogens with zero attached hydrogens (tertiary/aromatic N) is 5. The van der Waals surface area contributed by atoms with E-state index in [-0.39, 0.29) is 11.9 Å². The van der Waals surface area contributed by atoms with Crippen molar-refractivity contribution >= 4 is 5.91 Å². The van der Waals surface area contributed by atoms with Crippen LogP contribution in [0.4, 0.5) is 4.39 Å². The smallest absolute Gasteiger partial charge is 0.257 e. The number of piperazine rings is 1. The Morgan fingerprint density at radius 1 is 1.12 bits per heavy atom. The fourth-order valence-corrected chi connectivity index (χ4v) is 3.99. The molecule has 1 aromatic heterocycles. The van der Waals surface area contributed by atoms with Crippen molar-refractivity contribution in [2.24, 2.45) is 0 Å². The van der Waals surface area contributed by atoms with Crippen molar-refractivity contribution in [3.8, 4) is 17.5 Å². The maximum atomic E-state index is 14.2. The van der Waals surface area contributed by atoms with Crippen molar-refractivity contribution in [3.05, 3.63) is 77.4 Å². The summed E-state index contributed by atoms with van der Waals surface area (Å²) in [7, 11) is 1.61. The maximum absolute atomic E-state index is 14.2. The van der Waals surface area contributed by atoms with Gasteiger partial charge in [0.2, 0.25) is 0 Å². The molecule has 2 heterocycles. The number of rotatable bonds is 5. The minimum absolute atomic E-state index is 0.136. The monoisotopic (exact) mass is 433 g/mol. The van der Waals surface area contributed by atoms with Crippen molar-refractivity contribution in [1.29, 1.82) is 5.26 Å². The number of methoxy groups -OCH3 is 1. The van der Waals surface area contributed by atoms with Crippen LogP contribution in [0.5, 0.6) is 5.75 Å². The Hall–Kier alpha value is -3.70. The fourth-order valence-electron chi connectivity index (χ4n) is 3.99. The molecule has 1 aliphatic heterocycles. The number of carbonyl (C=O) groups excluding carboxylic acids is 1. The lowest BCUT2D eigenvalue weighted by atomic mass is 10.1. The average molecular weight is 433 g/mol. The molecule has 8 heteroatoms. The number of amides is 1. The predicted molar refractivity (Wildman–Crippen MR) is 117 cm³/mol. The van der Waals surface area contributed by atoms with Gasteiger partial charge in [-0.05, 0) is 36.8 Å². The van der Waals surface area contributed by atoms with Crippen molar-refractivity contribution in [2.45, 2.75) is 13.0 Å². The van der Waals surface area contributed by atoms with Gasteiger partial charge in [0.1, 0.15) is 23.3 Å². The summed E-state index contributed by atoms with van der Waals surface area (Å²) in [5.41, 5.74) is 2.25. The number of halogens is 1. The Labute approximate surface area is 186 Å². The summed E-state index contributed by atoms with van der Waals surface area (Å²) < 4.78 is 20.8. The van der Waals surface area contributed by atoms with Crippen molar-refractivity contribution in [2.75, 3.05) is 33.3 Å². The minimum atomic E-state index is -0.396. The van der Waals surface area contributed by atoms with Crippen LogP contribution in [0.15, 0.2) is 54.7 Å². The summed E-state index contributed by atoms with van der Waals surface area (Å²) in [6, 6.07) is 15.8. The molecule has 0 aliphatic carbocycles. The van der Waals surface area contributed by atoms with Crippen LogP contribution in [0.1, 0.15) is 27.7 Å². The molecule has 1 amide bonds. The van der Waals surface area contributed by atoms with Gasteiger partial charge in [0.25, 0.3) is 5.91 Å². The van der Waals surface area contributed by atoms with Gasteiger partial charge in [0.05, 0.1) is 30.6 Å². The molecule has 1 saturated heterocycles. The third-order valence-electron chi connectivity index (χ3n) is 5.84. The summed E-state index contributed by atoms with van der Waals surface area (Å²) in [4.78, 5) is 16.9. The van der Waals surface area contributed by atoms with Gasteiger partial charge in [0.15, 0.2) is 0 Å². The molecule has 1 aliphatic rings. The molecule has 0 spiro atoms. The number of hydrogen-bond donors (Lipinski definition) is 0. The molecule has 0 bridgehead atoms. The molecule has 0 N–H and O–H groups in total. The number of benzene rings is 2. The largest absolute Gasteiger partial charge is 0.497 e. The number of nitriles is 1. The SMILES string of the molecule is COc1ccc(C(C#N)N2CCN(C(=O)c3cnn(-c4ccccc4F)c3C)CC2)cc1. The Morgan fingerprint density at radius 3 is 2.44 bits per heavy atom. The molecular formula is C24H24FN5O2. The molecule has 4 rings (SSSR count). The van der Waals surface area contributed by atoms with Crippen LogP contribution in [0, 0.1) is 24.1 Å². The fraction of sp³-hybridized carbons (Fsp3) is 0.292. The average Bonchev–Trinajstić information content (AvgIpc) is 3.21. The second-order valence-electron chi connectivity index (χ2n) is 7.64. The van der Waals surface area contributed by atoms with E-state index >= 15 is 0 Å². The molecule has 2 aromatic carbocycles. The summed E-state index contributed by atoms with van der Waals surface area (Å²) >= 11 is 0. The predicted octanol–water partition coefficient (Wildman–Crippen LogP) is 3.35. The van der Waals surface area contributed by atoms with Gasteiger partial charge < -0.3 is 9.64 Å². The van der Waals surface area contributed by atoms with E-state index in [0.717, 1.165) is 11.3 Å². The summed E-state index contributed by atoms with van der Waals surface area (Å²) in [6.45, 7) is 3.92. The third-order valence-corrected chi connectivity index (χ3v) is 5.84. The molecule has 1 atom stereocenters.